The molecule has 146 valence electrons. The van der Waals surface area contributed by atoms with Gasteiger partial charge >= 0.3 is 0 Å². The Labute approximate surface area is 171 Å². The van der Waals surface area contributed by atoms with Crippen molar-refractivity contribution in [3.05, 3.63) is 89.9 Å². The Kier molecular flexibility index (Phi) is 4.33. The average molecular weight is 395 g/mol. The Hall–Kier alpha value is -4.26. The molecule has 0 saturated carbocycles. The molecule has 0 spiro atoms. The number of para-hydroxylation sites is 1. The summed E-state index contributed by atoms with van der Waals surface area (Å²) in [5.41, 5.74) is 3.56. The Balaban J connectivity index is 1.49. The summed E-state index contributed by atoms with van der Waals surface area (Å²) in [6.07, 6.45) is 7.37. The Morgan fingerprint density at radius 2 is 1.70 bits per heavy atom. The van der Waals surface area contributed by atoms with Crippen LogP contribution in [0.1, 0.15) is 16.8 Å². The van der Waals surface area contributed by atoms with E-state index in [1.54, 1.807) is 17.1 Å². The van der Waals surface area contributed by atoms with Crippen LogP contribution in [-0.2, 0) is 16.1 Å². The lowest BCUT2D eigenvalue weighted by Gasteiger charge is -2.00. The molecule has 0 fully saturated rings. The highest BCUT2D eigenvalue weighted by Crippen LogP contribution is 2.34. The molecule has 0 aliphatic carbocycles. The normalized spacial score (nSPS) is 14.3. The number of allylic oxidation sites excluding steroid dienone is 1. The summed E-state index contributed by atoms with van der Waals surface area (Å²) in [6.45, 7) is 0.493. The molecule has 2 aromatic heterocycles. The van der Waals surface area contributed by atoms with Crippen molar-refractivity contribution in [1.82, 2.24) is 25.3 Å². The number of rotatable bonds is 5. The molecule has 30 heavy (non-hydrogen) atoms. The first kappa shape index (κ1) is 17.8. The van der Waals surface area contributed by atoms with Gasteiger partial charge in [0.15, 0.2) is 0 Å². The summed E-state index contributed by atoms with van der Waals surface area (Å²) >= 11 is 0. The molecule has 2 N–H and O–H groups in total. The highest BCUT2D eigenvalue weighted by Gasteiger charge is 2.34. The number of fused-ring (bicyclic) bond motifs is 1. The number of benzene rings is 2. The number of nitrogens with zero attached hydrogens (tertiary/aromatic N) is 3. The first-order valence-electron chi connectivity index (χ1n) is 9.49. The molecule has 0 radical (unpaired) electrons. The number of hydrogen-bond acceptors (Lipinski definition) is 4. The highest BCUT2D eigenvalue weighted by molar-refractivity contribution is 6.49. The maximum atomic E-state index is 12.6. The Morgan fingerprint density at radius 1 is 0.933 bits per heavy atom. The third kappa shape index (κ3) is 3.12. The molecule has 3 heterocycles. The predicted molar refractivity (Wildman–Crippen MR) is 114 cm³/mol. The van der Waals surface area contributed by atoms with E-state index in [-0.39, 0.29) is 5.57 Å². The van der Waals surface area contributed by atoms with Crippen LogP contribution in [0.5, 0.6) is 0 Å². The van der Waals surface area contributed by atoms with Crippen LogP contribution in [0.25, 0.3) is 28.1 Å². The van der Waals surface area contributed by atoms with E-state index in [4.69, 9.17) is 0 Å². The second-order valence-electron chi connectivity index (χ2n) is 6.92. The smallest absolute Gasteiger partial charge is 0.261 e. The van der Waals surface area contributed by atoms with Gasteiger partial charge in [-0.2, -0.15) is 0 Å². The third-order valence-corrected chi connectivity index (χ3v) is 4.99. The largest absolute Gasteiger partial charge is 0.361 e. The van der Waals surface area contributed by atoms with E-state index in [2.05, 4.69) is 20.6 Å². The Morgan fingerprint density at radius 3 is 2.57 bits per heavy atom. The summed E-state index contributed by atoms with van der Waals surface area (Å²) in [5.74, 6) is -0.898. The van der Waals surface area contributed by atoms with Gasteiger partial charge in [0.05, 0.1) is 23.9 Å². The summed E-state index contributed by atoms with van der Waals surface area (Å²) in [7, 11) is 0. The van der Waals surface area contributed by atoms with Gasteiger partial charge in [-0.1, -0.05) is 65.9 Å². The lowest BCUT2D eigenvalue weighted by atomic mass is 9.99. The van der Waals surface area contributed by atoms with Gasteiger partial charge in [-0.3, -0.25) is 14.9 Å². The first-order valence-corrected chi connectivity index (χ1v) is 9.49. The van der Waals surface area contributed by atoms with Crippen molar-refractivity contribution >= 4 is 39.9 Å². The maximum absolute atomic E-state index is 12.6. The van der Waals surface area contributed by atoms with Gasteiger partial charge < -0.3 is 4.98 Å². The monoisotopic (exact) mass is 395 g/mol. The average Bonchev–Trinajstić information content (AvgIpc) is 3.46. The van der Waals surface area contributed by atoms with Crippen LogP contribution >= 0.6 is 0 Å². The molecular formula is C23H17N5O2. The molecular weight excluding hydrogens is 378 g/mol. The fourth-order valence-electron chi connectivity index (χ4n) is 3.60. The predicted octanol–water partition coefficient (Wildman–Crippen LogP) is 3.04. The number of hydrogen-bond donors (Lipinski definition) is 2. The molecule has 5 rings (SSSR count). The van der Waals surface area contributed by atoms with Crippen molar-refractivity contribution in [2.45, 2.75) is 6.54 Å². The molecule has 7 heteroatoms. The third-order valence-electron chi connectivity index (χ3n) is 4.99. The van der Waals surface area contributed by atoms with Crippen molar-refractivity contribution in [1.29, 1.82) is 0 Å². The minimum Gasteiger partial charge on any atom is -0.361 e. The van der Waals surface area contributed by atoms with Crippen LogP contribution < -0.4 is 5.32 Å². The number of amides is 2. The van der Waals surface area contributed by atoms with Crippen molar-refractivity contribution in [3.63, 3.8) is 0 Å². The molecule has 7 nitrogen and oxygen atoms in total. The Bertz CT molecular complexity index is 1330. The van der Waals surface area contributed by atoms with Crippen LogP contribution in [-0.4, -0.2) is 31.8 Å². The zero-order valence-electron chi connectivity index (χ0n) is 15.9. The van der Waals surface area contributed by atoms with Crippen LogP contribution in [0.3, 0.4) is 0 Å². The van der Waals surface area contributed by atoms with E-state index in [9.17, 15) is 9.59 Å². The van der Waals surface area contributed by atoms with E-state index in [1.807, 2.05) is 66.7 Å². The van der Waals surface area contributed by atoms with E-state index >= 15 is 0 Å². The fraction of sp³-hybridized carbons (Fsp3) is 0.0435. The molecule has 0 unspecified atom stereocenters. The summed E-state index contributed by atoms with van der Waals surface area (Å²) in [4.78, 5) is 28.3. The van der Waals surface area contributed by atoms with Crippen molar-refractivity contribution in [2.24, 2.45) is 0 Å². The van der Waals surface area contributed by atoms with Crippen molar-refractivity contribution < 1.29 is 9.59 Å². The van der Waals surface area contributed by atoms with E-state index < -0.39 is 11.8 Å². The molecule has 1 aliphatic rings. The summed E-state index contributed by atoms with van der Waals surface area (Å²) in [6, 6.07) is 17.6. The minimum atomic E-state index is -0.466. The zero-order chi connectivity index (χ0) is 20.5. The van der Waals surface area contributed by atoms with Crippen LogP contribution in [0.4, 0.5) is 0 Å². The van der Waals surface area contributed by atoms with Crippen LogP contribution in [0.15, 0.2) is 73.1 Å². The molecule has 0 atom stereocenters. The number of carbonyl (C=O) groups is 2. The molecule has 2 aromatic carbocycles. The molecule has 1 aliphatic heterocycles. The van der Waals surface area contributed by atoms with E-state index in [0.29, 0.717) is 23.4 Å². The van der Waals surface area contributed by atoms with Crippen molar-refractivity contribution in [2.75, 3.05) is 0 Å². The highest BCUT2D eigenvalue weighted by atomic mass is 16.2. The van der Waals surface area contributed by atoms with Crippen molar-refractivity contribution in [3.8, 4) is 0 Å². The van der Waals surface area contributed by atoms with Gasteiger partial charge in [0.1, 0.15) is 5.69 Å². The SMILES string of the molecule is O=C1NC(=O)C(c2c[nH]c3ccccc23)=C1c1cn(C/C=C/c2ccccc2)nn1. The topological polar surface area (TPSA) is 92.7 Å². The van der Waals surface area contributed by atoms with Gasteiger partial charge in [-0.15, -0.1) is 5.10 Å². The quantitative estimate of drug-likeness (QED) is 0.508. The fourth-order valence-corrected chi connectivity index (χ4v) is 3.60. The molecule has 2 amide bonds. The van der Waals surface area contributed by atoms with Gasteiger partial charge in [0, 0.05) is 22.7 Å². The number of imide groups is 1. The van der Waals surface area contributed by atoms with E-state index in [0.717, 1.165) is 16.5 Å². The molecule has 0 bridgehead atoms. The van der Waals surface area contributed by atoms with Gasteiger partial charge in [-0.05, 0) is 11.6 Å². The number of aromatic amines is 1. The zero-order valence-corrected chi connectivity index (χ0v) is 15.9. The van der Waals surface area contributed by atoms with Crippen LogP contribution in [0, 0.1) is 0 Å². The lowest BCUT2D eigenvalue weighted by molar-refractivity contribution is -0.122. The molecule has 4 aromatic rings. The summed E-state index contributed by atoms with van der Waals surface area (Å²) < 4.78 is 1.63. The van der Waals surface area contributed by atoms with Gasteiger partial charge in [0.25, 0.3) is 11.8 Å². The number of H-pyrrole nitrogens is 1. The van der Waals surface area contributed by atoms with E-state index in [1.165, 1.54) is 0 Å². The minimum absolute atomic E-state index is 0.239. The second kappa shape index (κ2) is 7.29. The van der Waals surface area contributed by atoms with Gasteiger partial charge in [-0.25, -0.2) is 4.68 Å². The van der Waals surface area contributed by atoms with Crippen LogP contribution in [0.2, 0.25) is 0 Å². The number of aromatic nitrogens is 4. The number of nitrogens with one attached hydrogen (secondary N) is 2. The standard InChI is InChI=1S/C23H17N5O2/c29-22-20(17-13-24-18-11-5-4-10-16(17)18)21(23(30)25-22)19-14-28(27-26-19)12-6-9-15-7-2-1-3-8-15/h1-11,13-14,24H,12H2,(H,25,29,30)/b9-6+. The second-order valence-corrected chi connectivity index (χ2v) is 6.92. The number of carbonyl (C=O) groups excluding carboxylic acids is 2. The summed E-state index contributed by atoms with van der Waals surface area (Å²) in [5, 5.41) is 11.5. The maximum Gasteiger partial charge on any atom is 0.261 e. The lowest BCUT2D eigenvalue weighted by Crippen LogP contribution is -2.22. The van der Waals surface area contributed by atoms with Gasteiger partial charge in [0.2, 0.25) is 0 Å². The molecule has 0 saturated heterocycles. The first-order chi connectivity index (χ1) is 14.7.